The Balaban J connectivity index is 1.46. The first-order valence-electron chi connectivity index (χ1n) is 8.59. The fourth-order valence-electron chi connectivity index (χ4n) is 2.53. The highest BCUT2D eigenvalue weighted by atomic mass is 32.2. The van der Waals surface area contributed by atoms with Gasteiger partial charge in [0.25, 0.3) is 0 Å². The molecule has 0 spiro atoms. The van der Waals surface area contributed by atoms with Crippen LogP contribution in [-0.4, -0.2) is 33.1 Å². The third kappa shape index (κ3) is 5.29. The van der Waals surface area contributed by atoms with Gasteiger partial charge < -0.3 is 11.2 Å². The van der Waals surface area contributed by atoms with Crippen LogP contribution in [0.2, 0.25) is 0 Å². The summed E-state index contributed by atoms with van der Waals surface area (Å²) in [6.07, 6.45) is 0.817. The summed E-state index contributed by atoms with van der Waals surface area (Å²) in [6, 6.07) is 12.5. The van der Waals surface area contributed by atoms with Crippen LogP contribution >= 0.6 is 11.8 Å². The smallest absolute Gasteiger partial charge is 0.230 e. The highest BCUT2D eigenvalue weighted by Gasteiger charge is 2.13. The topological polar surface area (TPSA) is 85.8 Å². The van der Waals surface area contributed by atoms with Crippen LogP contribution in [-0.2, 0) is 17.6 Å². The van der Waals surface area contributed by atoms with E-state index in [9.17, 15) is 13.6 Å². The lowest BCUT2D eigenvalue weighted by atomic mass is 10.1. The zero-order valence-corrected chi connectivity index (χ0v) is 15.8. The van der Waals surface area contributed by atoms with Gasteiger partial charge in [0.15, 0.2) is 5.82 Å². The number of nitrogens with two attached hydrogens (primary N) is 1. The second-order valence-electron chi connectivity index (χ2n) is 6.05. The van der Waals surface area contributed by atoms with Crippen molar-refractivity contribution in [1.82, 2.24) is 20.2 Å². The molecule has 0 aliphatic rings. The molecule has 0 saturated heterocycles. The summed E-state index contributed by atoms with van der Waals surface area (Å²) >= 11 is 1.16. The number of benzene rings is 2. The predicted molar refractivity (Wildman–Crippen MR) is 103 cm³/mol. The third-order valence-corrected chi connectivity index (χ3v) is 4.96. The number of carbonyl (C=O) groups excluding carboxylic acids is 1. The molecule has 0 saturated carbocycles. The fourth-order valence-corrected chi connectivity index (χ4v) is 3.24. The van der Waals surface area contributed by atoms with Crippen LogP contribution in [0.25, 0.3) is 0 Å². The van der Waals surface area contributed by atoms with Crippen molar-refractivity contribution in [1.29, 1.82) is 0 Å². The van der Waals surface area contributed by atoms with E-state index in [0.717, 1.165) is 17.3 Å². The van der Waals surface area contributed by atoms with Crippen molar-refractivity contribution in [3.8, 4) is 0 Å². The molecule has 0 fully saturated rings. The van der Waals surface area contributed by atoms with Gasteiger partial charge in [-0.25, -0.2) is 13.5 Å². The third-order valence-electron chi connectivity index (χ3n) is 4.02. The maximum absolute atomic E-state index is 13.5. The quantitative estimate of drug-likeness (QED) is 0.445. The Morgan fingerprint density at radius 3 is 2.61 bits per heavy atom. The number of nitrogen functional groups attached to an aromatic ring is 1. The van der Waals surface area contributed by atoms with Crippen molar-refractivity contribution in [2.24, 2.45) is 0 Å². The molecule has 2 aromatic carbocycles. The number of amides is 1. The Labute approximate surface area is 165 Å². The molecule has 28 heavy (non-hydrogen) atoms. The summed E-state index contributed by atoms with van der Waals surface area (Å²) in [5.74, 6) is 5.81. The van der Waals surface area contributed by atoms with Crippen molar-refractivity contribution >= 4 is 17.7 Å². The number of rotatable bonds is 8. The molecule has 0 bridgehead atoms. The minimum atomic E-state index is -0.310. The molecular weight excluding hydrogens is 384 g/mol. The first-order valence-corrected chi connectivity index (χ1v) is 9.58. The number of nitrogens with zero attached hydrogens (tertiary/aromatic N) is 3. The van der Waals surface area contributed by atoms with E-state index in [1.807, 2.05) is 0 Å². The minimum absolute atomic E-state index is 0.114. The molecule has 1 amide bonds. The SMILES string of the molecule is Nn1c(Cc2ccc(F)cc2)nnc1SCC(=O)NCCc1ccccc1F. The standard InChI is InChI=1S/C19H19F2N5OS/c20-15-7-5-13(6-8-15)11-17-24-25-19(26(17)22)28-12-18(27)23-10-9-14-3-1-2-4-16(14)21/h1-8H,9-12,22H2,(H,23,27). The van der Waals surface area contributed by atoms with Crippen LogP contribution in [0.1, 0.15) is 17.0 Å². The van der Waals surface area contributed by atoms with Gasteiger partial charge in [0.1, 0.15) is 11.6 Å². The Hall–Kier alpha value is -2.94. The van der Waals surface area contributed by atoms with E-state index in [2.05, 4.69) is 15.5 Å². The summed E-state index contributed by atoms with van der Waals surface area (Å²) < 4.78 is 27.8. The van der Waals surface area contributed by atoms with Gasteiger partial charge in [-0.3, -0.25) is 4.79 Å². The monoisotopic (exact) mass is 403 g/mol. The molecule has 0 aliphatic carbocycles. The maximum atomic E-state index is 13.5. The molecule has 9 heteroatoms. The summed E-state index contributed by atoms with van der Waals surface area (Å²) in [6.45, 7) is 0.339. The molecule has 1 heterocycles. The highest BCUT2D eigenvalue weighted by Crippen LogP contribution is 2.16. The molecule has 1 aromatic heterocycles. The zero-order valence-electron chi connectivity index (χ0n) is 14.9. The van der Waals surface area contributed by atoms with Gasteiger partial charge in [-0.15, -0.1) is 10.2 Å². The van der Waals surface area contributed by atoms with Crippen LogP contribution in [0, 0.1) is 11.6 Å². The molecular formula is C19H19F2N5OS. The second-order valence-corrected chi connectivity index (χ2v) is 6.99. The number of aromatic nitrogens is 3. The van der Waals surface area contributed by atoms with E-state index >= 15 is 0 Å². The average molecular weight is 403 g/mol. The van der Waals surface area contributed by atoms with E-state index in [1.54, 1.807) is 30.3 Å². The molecule has 3 N–H and O–H groups in total. The lowest BCUT2D eigenvalue weighted by Gasteiger charge is -2.06. The fraction of sp³-hybridized carbons (Fsp3) is 0.211. The number of hydrogen-bond donors (Lipinski definition) is 2. The lowest BCUT2D eigenvalue weighted by molar-refractivity contribution is -0.118. The number of carbonyl (C=O) groups is 1. The van der Waals surface area contributed by atoms with E-state index < -0.39 is 0 Å². The molecule has 0 aliphatic heterocycles. The molecule has 3 aromatic rings. The van der Waals surface area contributed by atoms with Gasteiger partial charge in [0.2, 0.25) is 11.1 Å². The van der Waals surface area contributed by atoms with Crippen molar-refractivity contribution in [3.63, 3.8) is 0 Å². The largest absolute Gasteiger partial charge is 0.355 e. The van der Waals surface area contributed by atoms with Gasteiger partial charge in [-0.2, -0.15) is 0 Å². The minimum Gasteiger partial charge on any atom is -0.355 e. The van der Waals surface area contributed by atoms with Gasteiger partial charge in [-0.05, 0) is 35.7 Å². The van der Waals surface area contributed by atoms with Crippen LogP contribution < -0.4 is 11.2 Å². The van der Waals surface area contributed by atoms with Crippen LogP contribution in [0.3, 0.4) is 0 Å². The molecule has 146 valence electrons. The van der Waals surface area contributed by atoms with E-state index in [0.29, 0.717) is 35.9 Å². The Bertz CT molecular complexity index is 946. The average Bonchev–Trinajstić information content (AvgIpc) is 3.03. The maximum Gasteiger partial charge on any atom is 0.230 e. The number of thioether (sulfide) groups is 1. The molecule has 0 unspecified atom stereocenters. The summed E-state index contributed by atoms with van der Waals surface area (Å²) in [5.41, 5.74) is 1.41. The lowest BCUT2D eigenvalue weighted by Crippen LogP contribution is -2.27. The second kappa shape index (κ2) is 9.32. The van der Waals surface area contributed by atoms with Crippen molar-refractivity contribution in [2.75, 3.05) is 18.1 Å². The first-order chi connectivity index (χ1) is 13.5. The van der Waals surface area contributed by atoms with Gasteiger partial charge in [0, 0.05) is 13.0 Å². The van der Waals surface area contributed by atoms with Crippen molar-refractivity contribution in [3.05, 3.63) is 77.1 Å². The first kappa shape index (κ1) is 19.8. The normalized spacial score (nSPS) is 10.8. The van der Waals surface area contributed by atoms with Crippen LogP contribution in [0.15, 0.2) is 53.7 Å². The van der Waals surface area contributed by atoms with Gasteiger partial charge in [-0.1, -0.05) is 42.1 Å². The molecule has 6 nitrogen and oxygen atoms in total. The van der Waals surface area contributed by atoms with Crippen molar-refractivity contribution < 1.29 is 13.6 Å². The Kier molecular flexibility index (Phi) is 6.59. The molecule has 0 radical (unpaired) electrons. The summed E-state index contributed by atoms with van der Waals surface area (Å²) in [4.78, 5) is 12.0. The van der Waals surface area contributed by atoms with Crippen LogP contribution in [0.5, 0.6) is 0 Å². The van der Waals surface area contributed by atoms with E-state index in [-0.39, 0.29) is 23.3 Å². The van der Waals surface area contributed by atoms with Gasteiger partial charge in [0.05, 0.1) is 5.75 Å². The predicted octanol–water partition coefficient (Wildman–Crippen LogP) is 2.31. The Morgan fingerprint density at radius 1 is 1.11 bits per heavy atom. The summed E-state index contributed by atoms with van der Waals surface area (Å²) in [5, 5.41) is 11.2. The summed E-state index contributed by atoms with van der Waals surface area (Å²) in [7, 11) is 0. The van der Waals surface area contributed by atoms with Crippen molar-refractivity contribution in [2.45, 2.75) is 18.0 Å². The van der Waals surface area contributed by atoms with Gasteiger partial charge >= 0.3 is 0 Å². The number of halogens is 2. The number of nitrogens with one attached hydrogen (secondary N) is 1. The highest BCUT2D eigenvalue weighted by molar-refractivity contribution is 7.99. The van der Waals surface area contributed by atoms with E-state index in [1.165, 1.54) is 22.9 Å². The molecule has 3 rings (SSSR count). The zero-order chi connectivity index (χ0) is 19.9. The van der Waals surface area contributed by atoms with Crippen LogP contribution in [0.4, 0.5) is 8.78 Å². The Morgan fingerprint density at radius 2 is 1.86 bits per heavy atom. The van der Waals surface area contributed by atoms with E-state index in [4.69, 9.17) is 5.84 Å². The molecule has 0 atom stereocenters. The number of hydrogen-bond acceptors (Lipinski definition) is 5.